The number of nitrogens with one attached hydrogen (secondary N) is 1. The molecule has 9 heteroatoms. The Hall–Kier alpha value is -1.86. The third kappa shape index (κ3) is 4.36. The molecule has 1 N–H and O–H groups in total. The van der Waals surface area contributed by atoms with Gasteiger partial charge < -0.3 is 10.2 Å². The van der Waals surface area contributed by atoms with Crippen molar-refractivity contribution in [3.05, 3.63) is 52.0 Å². The minimum absolute atomic E-state index is 0.0444. The summed E-state index contributed by atoms with van der Waals surface area (Å²) < 4.78 is 26.3. The van der Waals surface area contributed by atoms with Crippen molar-refractivity contribution < 1.29 is 13.6 Å². The number of nitrogens with zero attached hydrogens (tertiary/aromatic N) is 3. The van der Waals surface area contributed by atoms with Gasteiger partial charge in [0.2, 0.25) is 0 Å². The molecule has 1 unspecified atom stereocenters. The molecule has 0 aliphatic rings. The second-order valence-corrected chi connectivity index (χ2v) is 6.04. The molecule has 0 spiro atoms. The van der Waals surface area contributed by atoms with Crippen LogP contribution in [0.15, 0.2) is 30.6 Å². The Labute approximate surface area is 148 Å². The number of alkyl halides is 2. The van der Waals surface area contributed by atoms with Crippen LogP contribution in [0.1, 0.15) is 30.9 Å². The largest absolute Gasteiger partial charge is 0.331 e. The number of benzene rings is 1. The maximum absolute atomic E-state index is 12.8. The molecule has 2 amide bonds. The van der Waals surface area contributed by atoms with Crippen molar-refractivity contribution in [1.29, 1.82) is 0 Å². The number of aromatic nitrogens is 2. The monoisotopic (exact) mass is 376 g/mol. The first-order valence-corrected chi connectivity index (χ1v) is 7.81. The number of halogens is 4. The highest BCUT2D eigenvalue weighted by molar-refractivity contribution is 6.42. The topological polar surface area (TPSA) is 50.2 Å². The number of imidazole rings is 1. The molecule has 130 valence electrons. The number of hydrogen-bond acceptors (Lipinski definition) is 2. The highest BCUT2D eigenvalue weighted by Crippen LogP contribution is 2.25. The van der Waals surface area contributed by atoms with E-state index in [0.717, 1.165) is 5.56 Å². The van der Waals surface area contributed by atoms with Crippen LogP contribution in [-0.4, -0.2) is 27.5 Å². The summed E-state index contributed by atoms with van der Waals surface area (Å²) in [5, 5.41) is 3.58. The highest BCUT2D eigenvalue weighted by Gasteiger charge is 2.18. The third-order valence-electron chi connectivity index (χ3n) is 3.47. The molecular weight excluding hydrogens is 361 g/mol. The molecule has 0 saturated carbocycles. The number of hydrogen-bond donors (Lipinski definition) is 1. The van der Waals surface area contributed by atoms with Crippen LogP contribution in [0.4, 0.5) is 13.6 Å². The molecule has 1 aromatic heterocycles. The molecule has 0 bridgehead atoms. The molecule has 0 fully saturated rings. The SMILES string of the molecule is CC(NC(=O)N(C)Cc1nccn1C(F)F)c1ccc(Cl)c(Cl)c1. The van der Waals surface area contributed by atoms with Crippen molar-refractivity contribution in [2.24, 2.45) is 0 Å². The van der Waals surface area contributed by atoms with Gasteiger partial charge in [-0.05, 0) is 24.6 Å². The van der Waals surface area contributed by atoms with Gasteiger partial charge in [0, 0.05) is 19.4 Å². The first kappa shape index (κ1) is 18.5. The summed E-state index contributed by atoms with van der Waals surface area (Å²) >= 11 is 11.8. The zero-order valence-corrected chi connectivity index (χ0v) is 14.5. The molecule has 0 aliphatic heterocycles. The van der Waals surface area contributed by atoms with E-state index in [9.17, 15) is 13.6 Å². The summed E-state index contributed by atoms with van der Waals surface area (Å²) in [4.78, 5) is 17.3. The zero-order valence-electron chi connectivity index (χ0n) is 13.0. The molecular formula is C15H16Cl2F2N4O. The van der Waals surface area contributed by atoms with Crippen molar-refractivity contribution in [3.8, 4) is 0 Å². The van der Waals surface area contributed by atoms with Crippen LogP contribution in [0.3, 0.4) is 0 Å². The minimum atomic E-state index is -2.70. The molecule has 1 heterocycles. The van der Waals surface area contributed by atoms with Crippen LogP contribution in [0.5, 0.6) is 0 Å². The smallest absolute Gasteiger partial charge is 0.319 e. The zero-order chi connectivity index (χ0) is 17.9. The van der Waals surface area contributed by atoms with Crippen LogP contribution >= 0.6 is 23.2 Å². The van der Waals surface area contributed by atoms with Gasteiger partial charge in [-0.1, -0.05) is 29.3 Å². The van der Waals surface area contributed by atoms with E-state index >= 15 is 0 Å². The molecule has 1 aromatic carbocycles. The average molecular weight is 377 g/mol. The van der Waals surface area contributed by atoms with Crippen molar-refractivity contribution in [2.45, 2.75) is 26.1 Å². The van der Waals surface area contributed by atoms with E-state index in [1.165, 1.54) is 24.3 Å². The molecule has 0 radical (unpaired) electrons. The van der Waals surface area contributed by atoms with Crippen LogP contribution in [0, 0.1) is 0 Å². The van der Waals surface area contributed by atoms with Gasteiger partial charge in [0.25, 0.3) is 0 Å². The van der Waals surface area contributed by atoms with E-state index in [-0.39, 0.29) is 18.4 Å². The number of carbonyl (C=O) groups excluding carboxylic acids is 1. The lowest BCUT2D eigenvalue weighted by molar-refractivity contribution is 0.0650. The summed E-state index contributed by atoms with van der Waals surface area (Å²) in [6, 6.07) is 4.31. The standard InChI is InChI=1S/C15H16Cl2F2N4O/c1-9(10-3-4-11(16)12(17)7-10)21-15(24)22(2)8-13-20-5-6-23(13)14(18)19/h3-7,9,14H,8H2,1-2H3,(H,21,24). The fourth-order valence-corrected chi connectivity index (χ4v) is 2.40. The van der Waals surface area contributed by atoms with E-state index < -0.39 is 12.6 Å². The Morgan fingerprint density at radius 1 is 1.38 bits per heavy atom. The second-order valence-electron chi connectivity index (χ2n) is 5.23. The quantitative estimate of drug-likeness (QED) is 0.835. The van der Waals surface area contributed by atoms with E-state index in [4.69, 9.17) is 23.2 Å². The maximum atomic E-state index is 12.8. The van der Waals surface area contributed by atoms with E-state index in [0.29, 0.717) is 14.6 Å². The van der Waals surface area contributed by atoms with Gasteiger partial charge in [0.1, 0.15) is 5.82 Å². The van der Waals surface area contributed by atoms with E-state index in [1.54, 1.807) is 25.1 Å². The normalized spacial score (nSPS) is 12.3. The summed E-state index contributed by atoms with van der Waals surface area (Å²) in [5.41, 5.74) is 0.778. The van der Waals surface area contributed by atoms with E-state index in [1.807, 2.05) is 0 Å². The Morgan fingerprint density at radius 3 is 2.71 bits per heavy atom. The van der Waals surface area contributed by atoms with Gasteiger partial charge in [0.05, 0.1) is 22.6 Å². The summed E-state index contributed by atoms with van der Waals surface area (Å²) in [5.74, 6) is 0.102. The lowest BCUT2D eigenvalue weighted by Gasteiger charge is -2.22. The van der Waals surface area contributed by atoms with Gasteiger partial charge >= 0.3 is 12.6 Å². The molecule has 5 nitrogen and oxygen atoms in total. The van der Waals surface area contributed by atoms with Crippen LogP contribution in [-0.2, 0) is 6.54 Å². The van der Waals surface area contributed by atoms with Crippen molar-refractivity contribution in [3.63, 3.8) is 0 Å². The van der Waals surface area contributed by atoms with Crippen molar-refractivity contribution in [1.82, 2.24) is 19.8 Å². The first-order chi connectivity index (χ1) is 11.3. The first-order valence-electron chi connectivity index (χ1n) is 7.06. The van der Waals surface area contributed by atoms with Gasteiger partial charge in [-0.3, -0.25) is 4.57 Å². The van der Waals surface area contributed by atoms with Crippen LogP contribution in [0.2, 0.25) is 10.0 Å². The Kier molecular flexibility index (Phi) is 6.01. The maximum Gasteiger partial charge on any atom is 0.319 e. The Balaban J connectivity index is 2.00. The highest BCUT2D eigenvalue weighted by atomic mass is 35.5. The second kappa shape index (κ2) is 7.81. The van der Waals surface area contributed by atoms with Crippen LogP contribution < -0.4 is 5.32 Å². The molecule has 2 aromatic rings. The summed E-state index contributed by atoms with van der Waals surface area (Å²) in [7, 11) is 1.50. The van der Waals surface area contributed by atoms with Gasteiger partial charge in [-0.25, -0.2) is 9.78 Å². The Morgan fingerprint density at radius 2 is 2.08 bits per heavy atom. The fraction of sp³-hybridized carbons (Fsp3) is 0.333. The Bertz CT molecular complexity index is 723. The number of urea groups is 1. The molecule has 1 atom stereocenters. The fourth-order valence-electron chi connectivity index (χ4n) is 2.09. The summed E-state index contributed by atoms with van der Waals surface area (Å²) in [6.45, 7) is -0.961. The van der Waals surface area contributed by atoms with Gasteiger partial charge in [0.15, 0.2) is 0 Å². The average Bonchev–Trinajstić information content (AvgIpc) is 2.98. The molecule has 2 rings (SSSR count). The molecule has 0 saturated heterocycles. The predicted octanol–water partition coefficient (Wildman–Crippen LogP) is 4.49. The summed E-state index contributed by atoms with van der Waals surface area (Å²) in [6.07, 6.45) is 2.44. The third-order valence-corrected chi connectivity index (χ3v) is 4.21. The lowest BCUT2D eigenvalue weighted by atomic mass is 10.1. The van der Waals surface area contributed by atoms with Crippen molar-refractivity contribution >= 4 is 29.2 Å². The van der Waals surface area contributed by atoms with Gasteiger partial charge in [-0.2, -0.15) is 8.78 Å². The lowest BCUT2D eigenvalue weighted by Crippen LogP contribution is -2.38. The predicted molar refractivity (Wildman–Crippen MR) is 88.4 cm³/mol. The molecule has 24 heavy (non-hydrogen) atoms. The van der Waals surface area contributed by atoms with Crippen molar-refractivity contribution in [2.75, 3.05) is 7.05 Å². The number of rotatable bonds is 5. The minimum Gasteiger partial charge on any atom is -0.331 e. The van der Waals surface area contributed by atoms with Gasteiger partial charge in [-0.15, -0.1) is 0 Å². The van der Waals surface area contributed by atoms with Crippen LogP contribution in [0.25, 0.3) is 0 Å². The number of carbonyl (C=O) groups is 1. The molecule has 0 aliphatic carbocycles. The number of amides is 2. The van der Waals surface area contributed by atoms with E-state index in [2.05, 4.69) is 10.3 Å².